The Bertz CT molecular complexity index is 1080. The van der Waals surface area contributed by atoms with Gasteiger partial charge in [0.1, 0.15) is 17.7 Å². The van der Waals surface area contributed by atoms with Crippen LogP contribution < -0.4 is 5.84 Å². The number of hydrazine groups is 1. The highest BCUT2D eigenvalue weighted by atomic mass is 35.5. The molecular weight excluding hydrogens is 397 g/mol. The molecular formula is C18H14ClF3N4O2. The largest absolute Gasteiger partial charge is 0.347 e. The Morgan fingerprint density at radius 3 is 2.89 bits per heavy atom. The van der Waals surface area contributed by atoms with Crippen molar-refractivity contribution in [2.45, 2.75) is 36.6 Å². The minimum absolute atomic E-state index is 0.0344. The van der Waals surface area contributed by atoms with Gasteiger partial charge < -0.3 is 4.57 Å². The van der Waals surface area contributed by atoms with Gasteiger partial charge in [-0.1, -0.05) is 23.8 Å². The van der Waals surface area contributed by atoms with Gasteiger partial charge in [0.15, 0.2) is 5.06 Å². The molecule has 2 bridgehead atoms. The Labute approximate surface area is 162 Å². The summed E-state index contributed by atoms with van der Waals surface area (Å²) in [6.45, 7) is -3.13. The molecule has 2 N–H and O–H groups in total. The second kappa shape index (κ2) is 5.82. The Kier molecular flexibility index (Phi) is 3.68. The van der Waals surface area contributed by atoms with Gasteiger partial charge in [0.25, 0.3) is 5.91 Å². The molecule has 2 aliphatic heterocycles. The molecule has 6 nitrogen and oxygen atoms in total. The van der Waals surface area contributed by atoms with Crippen molar-refractivity contribution in [1.82, 2.24) is 14.6 Å². The predicted octanol–water partition coefficient (Wildman–Crippen LogP) is 3.31. The number of halogens is 4. The lowest BCUT2D eigenvalue weighted by molar-refractivity contribution is -0.168. The van der Waals surface area contributed by atoms with Gasteiger partial charge in [-0.05, 0) is 12.1 Å². The summed E-state index contributed by atoms with van der Waals surface area (Å²) in [5.41, 5.74) is 1.34. The average Bonchev–Trinajstić information content (AvgIpc) is 3.12. The summed E-state index contributed by atoms with van der Waals surface area (Å²) < 4.78 is 46.5. The van der Waals surface area contributed by atoms with E-state index in [9.17, 15) is 18.0 Å². The number of fused-ring (bicyclic) bond motifs is 8. The number of ether oxygens (including phenoxy) is 1. The van der Waals surface area contributed by atoms with Crippen LogP contribution in [0.2, 0.25) is 0 Å². The third-order valence-corrected chi connectivity index (χ3v) is 5.95. The summed E-state index contributed by atoms with van der Waals surface area (Å²) in [5.74, 6) is 5.53. The van der Waals surface area contributed by atoms with Gasteiger partial charge in [-0.25, -0.2) is 15.2 Å². The Hall–Kier alpha value is -2.36. The zero-order valence-corrected chi connectivity index (χ0v) is 15.0. The lowest BCUT2D eigenvalue weighted by Crippen LogP contribution is -2.42. The van der Waals surface area contributed by atoms with Gasteiger partial charge in [-0.2, -0.15) is 8.78 Å². The normalized spacial score (nSPS) is 28.9. The van der Waals surface area contributed by atoms with E-state index in [4.69, 9.17) is 22.2 Å². The monoisotopic (exact) mass is 410 g/mol. The highest BCUT2D eigenvalue weighted by Crippen LogP contribution is 2.53. The fourth-order valence-corrected chi connectivity index (χ4v) is 4.82. The van der Waals surface area contributed by atoms with Crippen molar-refractivity contribution in [1.29, 1.82) is 0 Å². The maximum atomic E-state index is 13.7. The lowest BCUT2D eigenvalue weighted by Gasteiger charge is -2.36. The lowest BCUT2D eigenvalue weighted by atomic mass is 9.87. The number of hydrogen-bond donors (Lipinski definition) is 1. The third-order valence-electron chi connectivity index (χ3n) is 5.50. The van der Waals surface area contributed by atoms with Crippen molar-refractivity contribution >= 4 is 28.5 Å². The molecule has 5 rings (SSSR count). The van der Waals surface area contributed by atoms with Crippen LogP contribution in [-0.4, -0.2) is 32.1 Å². The quantitative estimate of drug-likeness (QED) is 0.468. The smallest absolute Gasteiger partial charge is 0.319 e. The first kappa shape index (κ1) is 17.7. The summed E-state index contributed by atoms with van der Waals surface area (Å²) >= 11 is 6.51. The average molecular weight is 411 g/mol. The minimum Gasteiger partial charge on any atom is -0.319 e. The van der Waals surface area contributed by atoms with Crippen LogP contribution in [0.25, 0.3) is 11.0 Å². The van der Waals surface area contributed by atoms with E-state index in [0.717, 1.165) is 5.01 Å². The van der Waals surface area contributed by atoms with E-state index in [1.165, 1.54) is 24.3 Å². The molecule has 0 radical (unpaired) electrons. The van der Waals surface area contributed by atoms with Crippen LogP contribution in [0.4, 0.5) is 13.2 Å². The molecule has 1 aliphatic carbocycles. The van der Waals surface area contributed by atoms with E-state index in [1.54, 1.807) is 10.6 Å². The van der Waals surface area contributed by atoms with Crippen molar-refractivity contribution < 1.29 is 22.7 Å². The maximum Gasteiger partial charge on any atom is 0.347 e. The molecule has 3 atom stereocenters. The Morgan fingerprint density at radius 2 is 2.14 bits per heavy atom. The number of carbonyl (C=O) groups excluding carboxylic acids is 1. The summed E-state index contributed by atoms with van der Waals surface area (Å²) in [7, 11) is 0. The molecule has 1 aromatic heterocycles. The van der Waals surface area contributed by atoms with E-state index in [1.807, 2.05) is 0 Å². The topological polar surface area (TPSA) is 73.4 Å². The van der Waals surface area contributed by atoms with Gasteiger partial charge in [0.05, 0.1) is 17.1 Å². The van der Waals surface area contributed by atoms with Crippen molar-refractivity contribution in [2.24, 2.45) is 5.84 Å². The molecule has 2 aromatic rings. The van der Waals surface area contributed by atoms with E-state index in [-0.39, 0.29) is 17.6 Å². The first-order chi connectivity index (χ1) is 13.3. The number of amides is 1. The molecule has 1 amide bonds. The fraction of sp³-hybridized carbons (Fsp3) is 0.333. The van der Waals surface area contributed by atoms with Crippen LogP contribution >= 0.6 is 11.6 Å². The molecule has 0 fully saturated rings. The zero-order chi connectivity index (χ0) is 19.8. The number of carbonyl (C=O) groups is 1. The number of imidazole rings is 1. The highest BCUT2D eigenvalue weighted by molar-refractivity contribution is 6.26. The first-order valence-electron chi connectivity index (χ1n) is 8.62. The van der Waals surface area contributed by atoms with E-state index in [0.29, 0.717) is 23.3 Å². The van der Waals surface area contributed by atoms with Crippen LogP contribution in [0, 0.1) is 5.82 Å². The van der Waals surface area contributed by atoms with Gasteiger partial charge >= 0.3 is 6.61 Å². The maximum absolute atomic E-state index is 13.7. The molecule has 1 unspecified atom stereocenters. The Morgan fingerprint density at radius 1 is 1.36 bits per heavy atom. The van der Waals surface area contributed by atoms with E-state index >= 15 is 0 Å². The van der Waals surface area contributed by atoms with E-state index < -0.39 is 35.5 Å². The fourth-order valence-electron chi connectivity index (χ4n) is 4.44. The molecule has 3 aliphatic rings. The first-order valence-corrected chi connectivity index (χ1v) is 8.99. The van der Waals surface area contributed by atoms with Crippen LogP contribution in [0.1, 0.15) is 30.7 Å². The summed E-state index contributed by atoms with van der Waals surface area (Å²) in [6.07, 6.45) is 3.33. The zero-order valence-electron chi connectivity index (χ0n) is 14.3. The predicted molar refractivity (Wildman–Crippen MR) is 93.6 cm³/mol. The van der Waals surface area contributed by atoms with Crippen LogP contribution in [0.15, 0.2) is 41.5 Å². The van der Waals surface area contributed by atoms with Crippen molar-refractivity contribution in [3.63, 3.8) is 0 Å². The molecule has 1 aromatic carbocycles. The molecule has 28 heavy (non-hydrogen) atoms. The number of rotatable bonds is 2. The van der Waals surface area contributed by atoms with E-state index in [2.05, 4.69) is 4.98 Å². The second-order valence-electron chi connectivity index (χ2n) is 6.99. The molecule has 0 saturated carbocycles. The summed E-state index contributed by atoms with van der Waals surface area (Å²) in [6, 6.07) is 2.94. The molecule has 0 spiro atoms. The molecule has 146 valence electrons. The van der Waals surface area contributed by atoms with Crippen LogP contribution in [-0.2, 0) is 9.53 Å². The third kappa shape index (κ3) is 2.30. The SMILES string of the molecule is NN1C(=O)C2=C([C@H]3C[C@@H]1c1nc4cc(F)ccc4n13)C(Cl)(OC(F)F)CC=C2. The number of alkyl halides is 3. The number of aromatic nitrogens is 2. The second-order valence-corrected chi connectivity index (χ2v) is 7.60. The Balaban J connectivity index is 1.79. The number of nitrogens with two attached hydrogens (primary N) is 1. The van der Waals surface area contributed by atoms with Gasteiger partial charge in [-0.15, -0.1) is 0 Å². The van der Waals surface area contributed by atoms with Crippen molar-refractivity contribution in [3.05, 3.63) is 53.1 Å². The summed E-state index contributed by atoms with van der Waals surface area (Å²) in [5, 5.41) is -0.863. The van der Waals surface area contributed by atoms with Crippen molar-refractivity contribution in [3.8, 4) is 0 Å². The highest BCUT2D eigenvalue weighted by Gasteiger charge is 2.52. The van der Waals surface area contributed by atoms with Crippen LogP contribution in [0.5, 0.6) is 0 Å². The van der Waals surface area contributed by atoms with Gasteiger partial charge in [0.2, 0.25) is 0 Å². The van der Waals surface area contributed by atoms with Crippen molar-refractivity contribution in [2.75, 3.05) is 0 Å². The number of nitrogens with zero attached hydrogens (tertiary/aromatic N) is 3. The molecule has 3 heterocycles. The summed E-state index contributed by atoms with van der Waals surface area (Å²) in [4.78, 5) is 17.4. The number of hydrogen-bond acceptors (Lipinski definition) is 4. The molecule has 0 saturated heterocycles. The van der Waals surface area contributed by atoms with Gasteiger partial charge in [-0.3, -0.25) is 14.5 Å². The number of benzene rings is 1. The van der Waals surface area contributed by atoms with Gasteiger partial charge in [0, 0.05) is 30.1 Å². The molecule has 10 heteroatoms. The standard InChI is InChI=1S/C18H14ClF3N4O2/c19-18(28-17(21)22)5-1-2-9-14(18)12-7-13(26(23)16(9)27)15-24-10-6-8(20)3-4-11(10)25(12)15/h1-4,6,12-13,17H,5,7,23H2/t12-,13-,18?/m1/s1. The van der Waals surface area contributed by atoms with Crippen LogP contribution in [0.3, 0.4) is 0 Å². The minimum atomic E-state index is -3.13.